The molecule has 7 rings (SSSR count). The van der Waals surface area contributed by atoms with Gasteiger partial charge in [0.15, 0.2) is 11.5 Å². The highest BCUT2D eigenvalue weighted by atomic mass is 16.5. The van der Waals surface area contributed by atoms with E-state index in [4.69, 9.17) is 15.5 Å². The summed E-state index contributed by atoms with van der Waals surface area (Å²) in [6, 6.07) is 16.9. The lowest BCUT2D eigenvalue weighted by Crippen LogP contribution is -2.54. The summed E-state index contributed by atoms with van der Waals surface area (Å²) in [4.78, 5) is 39.3. The highest BCUT2D eigenvalue weighted by Crippen LogP contribution is 2.40. The number of fused-ring (bicyclic) bond motifs is 2. The van der Waals surface area contributed by atoms with Crippen LogP contribution in [0.4, 0.5) is 17.3 Å². The number of piperidine rings is 2. The maximum absolute atomic E-state index is 13.1. The number of carbonyl (C=O) groups excluding carboxylic acids is 2. The van der Waals surface area contributed by atoms with Crippen LogP contribution in [0.3, 0.4) is 0 Å². The molecule has 3 aliphatic heterocycles. The number of aromatic nitrogens is 2. The summed E-state index contributed by atoms with van der Waals surface area (Å²) in [6.07, 6.45) is 10.7. The monoisotopic (exact) mass is 609 g/mol. The SMILES string of the molecule is C[C@@H]1[C@H](NC(=O)c2ccc(C3CC3)cc2)CCCN1c1cnc(C(N)=O)c(Nc2ccc(O[C@@H]3C[C@H]4CC[C@@H](C3)N4C)cc2)n1. The zero-order chi connectivity index (χ0) is 31.1. The summed E-state index contributed by atoms with van der Waals surface area (Å²) in [5.74, 6) is 1.70. The van der Waals surface area contributed by atoms with Crippen LogP contribution in [0.15, 0.2) is 54.7 Å². The van der Waals surface area contributed by atoms with Gasteiger partial charge in [-0.25, -0.2) is 9.97 Å². The molecular weight excluding hydrogens is 566 g/mol. The predicted molar refractivity (Wildman–Crippen MR) is 174 cm³/mol. The number of nitrogens with one attached hydrogen (secondary N) is 2. The summed E-state index contributed by atoms with van der Waals surface area (Å²) in [5, 5.41) is 6.50. The van der Waals surface area contributed by atoms with Crippen LogP contribution in [0.5, 0.6) is 5.75 Å². The Morgan fingerprint density at radius 2 is 1.67 bits per heavy atom. The Hall–Kier alpha value is -4.18. The van der Waals surface area contributed by atoms with Crippen molar-refractivity contribution in [2.75, 3.05) is 23.8 Å². The minimum Gasteiger partial charge on any atom is -0.490 e. The Kier molecular flexibility index (Phi) is 8.08. The summed E-state index contributed by atoms with van der Waals surface area (Å²) in [7, 11) is 2.23. The van der Waals surface area contributed by atoms with Crippen LogP contribution in [0.1, 0.15) is 90.6 Å². The van der Waals surface area contributed by atoms with Gasteiger partial charge < -0.3 is 30.9 Å². The van der Waals surface area contributed by atoms with Crippen molar-refractivity contribution in [3.05, 3.63) is 71.5 Å². The second-order valence-corrected chi connectivity index (χ2v) is 13.3. The Bertz CT molecular complexity index is 1530. The van der Waals surface area contributed by atoms with Crippen LogP contribution in [0, 0.1) is 0 Å². The van der Waals surface area contributed by atoms with E-state index in [9.17, 15) is 9.59 Å². The van der Waals surface area contributed by atoms with Gasteiger partial charge in [-0.3, -0.25) is 9.59 Å². The zero-order valence-corrected chi connectivity index (χ0v) is 26.1. The zero-order valence-electron chi connectivity index (χ0n) is 26.1. The average Bonchev–Trinajstić information content (AvgIpc) is 3.86. The predicted octanol–water partition coefficient (Wildman–Crippen LogP) is 4.99. The molecule has 4 aliphatic rings. The summed E-state index contributed by atoms with van der Waals surface area (Å²) < 4.78 is 6.35. The van der Waals surface area contributed by atoms with E-state index < -0.39 is 5.91 Å². The normalized spacial score (nSPS) is 26.4. The van der Waals surface area contributed by atoms with Gasteiger partial charge in [0.25, 0.3) is 11.8 Å². The number of hydrogen-bond acceptors (Lipinski definition) is 8. The third-order valence-electron chi connectivity index (χ3n) is 10.3. The third kappa shape index (κ3) is 6.33. The number of benzene rings is 2. The van der Waals surface area contributed by atoms with E-state index in [1.165, 1.54) is 31.2 Å². The van der Waals surface area contributed by atoms with Crippen LogP contribution in [-0.4, -0.2) is 70.5 Å². The molecule has 236 valence electrons. The molecule has 2 amide bonds. The highest BCUT2D eigenvalue weighted by molar-refractivity contribution is 5.96. The molecule has 3 aromatic rings. The fourth-order valence-electron chi connectivity index (χ4n) is 7.42. The van der Waals surface area contributed by atoms with E-state index >= 15 is 0 Å². The first-order valence-electron chi connectivity index (χ1n) is 16.4. The van der Waals surface area contributed by atoms with Gasteiger partial charge in [0.2, 0.25) is 0 Å². The van der Waals surface area contributed by atoms with Gasteiger partial charge in [-0.15, -0.1) is 0 Å². The Morgan fingerprint density at radius 3 is 2.33 bits per heavy atom. The number of ether oxygens (including phenoxy) is 1. The molecule has 10 nitrogen and oxygen atoms in total. The van der Waals surface area contributed by atoms with Crippen molar-refractivity contribution >= 4 is 29.1 Å². The van der Waals surface area contributed by atoms with Crippen molar-refractivity contribution in [1.82, 2.24) is 20.2 Å². The first-order chi connectivity index (χ1) is 21.8. The average molecular weight is 610 g/mol. The number of primary amides is 1. The molecule has 4 N–H and O–H groups in total. The van der Waals surface area contributed by atoms with Gasteiger partial charge in [-0.1, -0.05) is 12.1 Å². The molecule has 5 atom stereocenters. The lowest BCUT2D eigenvalue weighted by molar-refractivity contribution is 0.0662. The van der Waals surface area contributed by atoms with E-state index in [0.717, 1.165) is 43.7 Å². The molecule has 10 heteroatoms. The number of nitrogens with zero attached hydrogens (tertiary/aromatic N) is 4. The van der Waals surface area contributed by atoms with Crippen LogP contribution >= 0.6 is 0 Å². The maximum atomic E-state index is 13.1. The van der Waals surface area contributed by atoms with E-state index in [1.807, 2.05) is 36.4 Å². The van der Waals surface area contributed by atoms with Crippen molar-refractivity contribution in [2.24, 2.45) is 5.73 Å². The summed E-state index contributed by atoms with van der Waals surface area (Å²) in [6.45, 7) is 2.85. The van der Waals surface area contributed by atoms with Gasteiger partial charge in [-0.2, -0.15) is 0 Å². The standard InChI is InChI=1S/C35H43N7O3/c1-21-30(39-35(44)24-9-7-23(8-10-24)22-5-6-22)4-3-17-42(21)31-20-37-32(33(36)43)34(40-31)38-25-11-15-28(16-12-25)45-29-18-26-13-14-27(19-29)41(26)2/h7-12,15-16,20-22,26-27,29-30H,3-6,13-14,17-19H2,1-2H3,(H2,36,43)(H,38,40)(H,39,44)/t21-,26-,27+,29-,30-/m1/s1. The smallest absolute Gasteiger partial charge is 0.271 e. The largest absolute Gasteiger partial charge is 0.490 e. The number of anilines is 3. The van der Waals surface area contributed by atoms with Crippen molar-refractivity contribution in [3.63, 3.8) is 0 Å². The van der Waals surface area contributed by atoms with E-state index in [-0.39, 0.29) is 29.8 Å². The van der Waals surface area contributed by atoms with Crippen LogP contribution in [0.2, 0.25) is 0 Å². The molecule has 4 heterocycles. The van der Waals surface area contributed by atoms with Gasteiger partial charge >= 0.3 is 0 Å². The number of carbonyl (C=O) groups is 2. The summed E-state index contributed by atoms with van der Waals surface area (Å²) >= 11 is 0. The Labute approximate surface area is 264 Å². The minimum absolute atomic E-state index is 0.0266. The molecule has 0 spiro atoms. The number of amides is 2. The lowest BCUT2D eigenvalue weighted by Gasteiger charge is -2.40. The maximum Gasteiger partial charge on any atom is 0.271 e. The van der Waals surface area contributed by atoms with E-state index in [2.05, 4.69) is 51.5 Å². The minimum atomic E-state index is -0.655. The lowest BCUT2D eigenvalue weighted by atomic mass is 9.97. The van der Waals surface area contributed by atoms with E-state index in [0.29, 0.717) is 35.2 Å². The highest BCUT2D eigenvalue weighted by Gasteiger charge is 2.39. The first kappa shape index (κ1) is 29.5. The Balaban J connectivity index is 1.02. The van der Waals surface area contributed by atoms with Crippen molar-refractivity contribution in [3.8, 4) is 5.75 Å². The molecule has 1 saturated carbocycles. The van der Waals surface area contributed by atoms with Crippen LogP contribution in [0.25, 0.3) is 0 Å². The molecule has 4 fully saturated rings. The number of rotatable bonds is 9. The molecule has 1 aliphatic carbocycles. The molecular formula is C35H43N7O3. The molecule has 3 saturated heterocycles. The number of hydrogen-bond donors (Lipinski definition) is 3. The fraction of sp³-hybridized carbons (Fsp3) is 0.486. The van der Waals surface area contributed by atoms with Crippen LogP contribution < -0.4 is 26.0 Å². The second kappa shape index (κ2) is 12.3. The topological polar surface area (TPSA) is 126 Å². The van der Waals surface area contributed by atoms with Gasteiger partial charge in [0, 0.05) is 42.0 Å². The number of nitrogens with two attached hydrogens (primary N) is 1. The van der Waals surface area contributed by atoms with Crippen molar-refractivity contribution in [1.29, 1.82) is 0 Å². The summed E-state index contributed by atoms with van der Waals surface area (Å²) in [5.41, 5.74) is 8.50. The van der Waals surface area contributed by atoms with Gasteiger partial charge in [-0.05, 0) is 113 Å². The molecule has 2 aromatic carbocycles. The van der Waals surface area contributed by atoms with E-state index in [1.54, 1.807) is 6.20 Å². The molecule has 0 unspecified atom stereocenters. The fourth-order valence-corrected chi connectivity index (χ4v) is 7.42. The molecule has 0 radical (unpaired) electrons. The Morgan fingerprint density at radius 1 is 0.956 bits per heavy atom. The van der Waals surface area contributed by atoms with Crippen molar-refractivity contribution < 1.29 is 14.3 Å². The molecule has 2 bridgehead atoms. The first-order valence-corrected chi connectivity index (χ1v) is 16.4. The molecule has 45 heavy (non-hydrogen) atoms. The molecule has 1 aromatic heterocycles. The van der Waals surface area contributed by atoms with Gasteiger partial charge in [0.1, 0.15) is 17.7 Å². The van der Waals surface area contributed by atoms with Crippen LogP contribution in [-0.2, 0) is 0 Å². The van der Waals surface area contributed by atoms with Gasteiger partial charge in [0.05, 0.1) is 6.20 Å². The van der Waals surface area contributed by atoms with Crippen molar-refractivity contribution in [2.45, 2.75) is 94.5 Å². The quantitative estimate of drug-likeness (QED) is 0.310. The third-order valence-corrected chi connectivity index (χ3v) is 10.3. The second-order valence-electron chi connectivity index (χ2n) is 13.3.